The van der Waals surface area contributed by atoms with Gasteiger partial charge in [0, 0.05) is 32.3 Å². The van der Waals surface area contributed by atoms with Crippen LogP contribution >= 0.6 is 0 Å². The molecule has 1 N–H and O–H groups in total. The summed E-state index contributed by atoms with van der Waals surface area (Å²) >= 11 is 0. The van der Waals surface area contributed by atoms with E-state index in [2.05, 4.69) is 10.2 Å². The second kappa shape index (κ2) is 5.02. The standard InChI is InChI=1S/C15H19N3O3/c1-16-14(19)12-9-11(18(20)21)3-4-13(12)17-8-2-5-15(10-17)6-7-15/h3-4,9H,2,5-8,10H2,1H3,(H,16,19). The van der Waals surface area contributed by atoms with Crippen LogP contribution in [0.1, 0.15) is 36.0 Å². The molecule has 1 aromatic carbocycles. The van der Waals surface area contributed by atoms with Gasteiger partial charge in [-0.15, -0.1) is 0 Å². The molecule has 2 aliphatic rings. The minimum absolute atomic E-state index is 0.0458. The van der Waals surface area contributed by atoms with Crippen molar-refractivity contribution in [2.24, 2.45) is 5.41 Å². The maximum Gasteiger partial charge on any atom is 0.270 e. The van der Waals surface area contributed by atoms with Crippen molar-refractivity contribution >= 4 is 17.3 Å². The van der Waals surface area contributed by atoms with Gasteiger partial charge in [-0.2, -0.15) is 0 Å². The van der Waals surface area contributed by atoms with Gasteiger partial charge in [0.25, 0.3) is 11.6 Å². The third-order valence-electron chi connectivity index (χ3n) is 4.62. The topological polar surface area (TPSA) is 75.5 Å². The number of piperidine rings is 1. The van der Waals surface area contributed by atoms with Gasteiger partial charge < -0.3 is 10.2 Å². The van der Waals surface area contributed by atoms with Crippen molar-refractivity contribution in [1.82, 2.24) is 5.32 Å². The molecule has 1 saturated carbocycles. The number of carbonyl (C=O) groups excluding carboxylic acids is 1. The SMILES string of the molecule is CNC(=O)c1cc([N+](=O)[O-])ccc1N1CCCC2(CC2)C1. The molecule has 0 unspecified atom stereocenters. The molecule has 0 aromatic heterocycles. The van der Waals surface area contributed by atoms with Crippen LogP contribution in [0, 0.1) is 15.5 Å². The monoisotopic (exact) mass is 289 g/mol. The lowest BCUT2D eigenvalue weighted by molar-refractivity contribution is -0.384. The zero-order valence-corrected chi connectivity index (χ0v) is 12.1. The molecule has 1 aliphatic heterocycles. The van der Waals surface area contributed by atoms with Gasteiger partial charge in [0.05, 0.1) is 16.2 Å². The van der Waals surface area contributed by atoms with Crippen molar-refractivity contribution in [3.63, 3.8) is 0 Å². The Balaban J connectivity index is 1.96. The molecule has 3 rings (SSSR count). The first-order valence-corrected chi connectivity index (χ1v) is 7.30. The summed E-state index contributed by atoms with van der Waals surface area (Å²) < 4.78 is 0. The van der Waals surface area contributed by atoms with Crippen LogP contribution in [-0.2, 0) is 0 Å². The molecule has 2 fully saturated rings. The van der Waals surface area contributed by atoms with Gasteiger partial charge in [-0.25, -0.2) is 0 Å². The fourth-order valence-corrected chi connectivity index (χ4v) is 3.23. The van der Waals surface area contributed by atoms with E-state index in [9.17, 15) is 14.9 Å². The first kappa shape index (κ1) is 13.9. The van der Waals surface area contributed by atoms with E-state index < -0.39 is 4.92 Å². The molecule has 1 heterocycles. The molecular formula is C15H19N3O3. The normalized spacial score (nSPS) is 19.4. The van der Waals surface area contributed by atoms with Crippen LogP contribution < -0.4 is 10.2 Å². The molecule has 21 heavy (non-hydrogen) atoms. The van der Waals surface area contributed by atoms with Gasteiger partial charge >= 0.3 is 0 Å². The van der Waals surface area contributed by atoms with Gasteiger partial charge in [-0.3, -0.25) is 14.9 Å². The van der Waals surface area contributed by atoms with Gasteiger partial charge in [-0.05, 0) is 37.2 Å². The van der Waals surface area contributed by atoms with Crippen LogP contribution in [0.25, 0.3) is 0 Å². The molecule has 1 saturated heterocycles. The number of amides is 1. The summed E-state index contributed by atoms with van der Waals surface area (Å²) in [5, 5.41) is 13.5. The van der Waals surface area contributed by atoms with E-state index in [1.54, 1.807) is 13.1 Å². The Bertz CT molecular complexity index is 596. The Hall–Kier alpha value is -2.11. The van der Waals surface area contributed by atoms with Crippen molar-refractivity contribution in [2.75, 3.05) is 25.0 Å². The highest BCUT2D eigenvalue weighted by atomic mass is 16.6. The molecule has 1 amide bonds. The summed E-state index contributed by atoms with van der Waals surface area (Å²) in [6, 6.07) is 4.57. The predicted octanol–water partition coefficient (Wildman–Crippen LogP) is 2.33. The van der Waals surface area contributed by atoms with E-state index >= 15 is 0 Å². The average molecular weight is 289 g/mol. The summed E-state index contributed by atoms with van der Waals surface area (Å²) in [5.41, 5.74) is 1.59. The molecule has 1 aromatic rings. The average Bonchev–Trinajstić information content (AvgIpc) is 3.24. The maximum absolute atomic E-state index is 12.1. The Morgan fingerprint density at radius 1 is 1.38 bits per heavy atom. The van der Waals surface area contributed by atoms with Crippen LogP contribution in [0.4, 0.5) is 11.4 Å². The third kappa shape index (κ3) is 2.57. The van der Waals surface area contributed by atoms with Crippen molar-refractivity contribution in [3.8, 4) is 0 Å². The van der Waals surface area contributed by atoms with Crippen LogP contribution in [0.2, 0.25) is 0 Å². The summed E-state index contributed by atoms with van der Waals surface area (Å²) in [7, 11) is 1.55. The van der Waals surface area contributed by atoms with E-state index in [4.69, 9.17) is 0 Å². The minimum Gasteiger partial charge on any atom is -0.370 e. The summed E-state index contributed by atoms with van der Waals surface area (Å²) in [5.74, 6) is -0.274. The molecular weight excluding hydrogens is 270 g/mol. The maximum atomic E-state index is 12.1. The molecule has 1 aliphatic carbocycles. The van der Waals surface area contributed by atoms with Gasteiger partial charge in [-0.1, -0.05) is 0 Å². The van der Waals surface area contributed by atoms with E-state index in [0.717, 1.165) is 25.2 Å². The number of nitro benzene ring substituents is 1. The fourth-order valence-electron chi connectivity index (χ4n) is 3.23. The second-order valence-corrected chi connectivity index (χ2v) is 6.06. The Morgan fingerprint density at radius 2 is 2.14 bits per heavy atom. The Morgan fingerprint density at radius 3 is 2.76 bits per heavy atom. The van der Waals surface area contributed by atoms with Crippen LogP contribution in [-0.4, -0.2) is 31.0 Å². The van der Waals surface area contributed by atoms with E-state index in [0.29, 0.717) is 11.0 Å². The van der Waals surface area contributed by atoms with Gasteiger partial charge in [0.1, 0.15) is 0 Å². The Labute approximate surface area is 123 Å². The molecule has 1 spiro atoms. The molecule has 6 heteroatoms. The zero-order chi connectivity index (χ0) is 15.0. The molecule has 6 nitrogen and oxygen atoms in total. The van der Waals surface area contributed by atoms with Gasteiger partial charge in [0.2, 0.25) is 0 Å². The highest BCUT2D eigenvalue weighted by Gasteiger charge is 2.45. The van der Waals surface area contributed by atoms with Crippen LogP contribution in [0.3, 0.4) is 0 Å². The molecule has 0 atom stereocenters. The number of anilines is 1. The summed E-state index contributed by atoms with van der Waals surface area (Å²) in [6.45, 7) is 1.86. The highest BCUT2D eigenvalue weighted by molar-refractivity contribution is 6.00. The molecule has 0 radical (unpaired) electrons. The first-order chi connectivity index (χ1) is 10.0. The van der Waals surface area contributed by atoms with Crippen molar-refractivity contribution in [1.29, 1.82) is 0 Å². The Kier molecular flexibility index (Phi) is 3.31. The predicted molar refractivity (Wildman–Crippen MR) is 79.6 cm³/mol. The second-order valence-electron chi connectivity index (χ2n) is 6.06. The highest BCUT2D eigenvalue weighted by Crippen LogP contribution is 2.52. The number of hydrogen-bond acceptors (Lipinski definition) is 4. The number of hydrogen-bond donors (Lipinski definition) is 1. The summed E-state index contributed by atoms with van der Waals surface area (Å²) in [6.07, 6.45) is 4.88. The number of nitro groups is 1. The van der Waals surface area contributed by atoms with Crippen molar-refractivity contribution in [3.05, 3.63) is 33.9 Å². The van der Waals surface area contributed by atoms with Crippen LogP contribution in [0.15, 0.2) is 18.2 Å². The zero-order valence-electron chi connectivity index (χ0n) is 12.1. The minimum atomic E-state index is -0.463. The molecule has 112 valence electrons. The smallest absolute Gasteiger partial charge is 0.270 e. The number of carbonyl (C=O) groups is 1. The quantitative estimate of drug-likeness (QED) is 0.684. The van der Waals surface area contributed by atoms with Crippen molar-refractivity contribution < 1.29 is 9.72 Å². The van der Waals surface area contributed by atoms with E-state index in [-0.39, 0.29) is 11.6 Å². The fraction of sp³-hybridized carbons (Fsp3) is 0.533. The lowest BCUT2D eigenvalue weighted by Crippen LogP contribution is -2.37. The van der Waals surface area contributed by atoms with E-state index in [1.165, 1.54) is 31.4 Å². The van der Waals surface area contributed by atoms with Crippen molar-refractivity contribution in [2.45, 2.75) is 25.7 Å². The third-order valence-corrected chi connectivity index (χ3v) is 4.62. The van der Waals surface area contributed by atoms with Gasteiger partial charge in [0.15, 0.2) is 0 Å². The number of nitrogens with zero attached hydrogens (tertiary/aromatic N) is 2. The lowest BCUT2D eigenvalue weighted by atomic mass is 9.94. The lowest BCUT2D eigenvalue weighted by Gasteiger charge is -2.35. The number of benzene rings is 1. The first-order valence-electron chi connectivity index (χ1n) is 7.30. The summed E-state index contributed by atoms with van der Waals surface area (Å²) in [4.78, 5) is 24.7. The number of nitrogens with one attached hydrogen (secondary N) is 1. The van der Waals surface area contributed by atoms with Crippen LogP contribution in [0.5, 0.6) is 0 Å². The largest absolute Gasteiger partial charge is 0.370 e. The van der Waals surface area contributed by atoms with E-state index in [1.807, 2.05) is 0 Å². The number of non-ortho nitro benzene ring substituents is 1. The molecule has 0 bridgehead atoms. The number of rotatable bonds is 3.